The van der Waals surface area contributed by atoms with Crippen molar-refractivity contribution < 1.29 is 14.4 Å². The number of hydrazone groups is 1. The van der Waals surface area contributed by atoms with Crippen molar-refractivity contribution in [2.75, 3.05) is 26.2 Å². The molecule has 2 aliphatic rings. The van der Waals surface area contributed by atoms with Crippen LogP contribution in [0, 0.1) is 0 Å². The van der Waals surface area contributed by atoms with Crippen LogP contribution in [0.2, 0.25) is 0 Å². The molecule has 0 bridgehead atoms. The molecular weight excluding hydrogens is 310 g/mol. The van der Waals surface area contributed by atoms with Crippen LogP contribution in [0.15, 0.2) is 23.6 Å². The second-order valence-corrected chi connectivity index (χ2v) is 6.02. The molecule has 2 aliphatic heterocycles. The van der Waals surface area contributed by atoms with Crippen molar-refractivity contribution in [3.8, 4) is 0 Å². The maximum absolute atomic E-state index is 12.5. The van der Waals surface area contributed by atoms with Crippen molar-refractivity contribution >= 4 is 23.4 Å². The average Bonchev–Trinajstić information content (AvgIpc) is 2.96. The van der Waals surface area contributed by atoms with Gasteiger partial charge in [0.25, 0.3) is 5.91 Å². The van der Waals surface area contributed by atoms with Crippen LogP contribution < -0.4 is 5.43 Å². The van der Waals surface area contributed by atoms with Crippen LogP contribution in [0.1, 0.15) is 24.8 Å². The highest BCUT2D eigenvalue weighted by atomic mass is 16.2. The van der Waals surface area contributed by atoms with Gasteiger partial charge in [-0.1, -0.05) is 0 Å². The van der Waals surface area contributed by atoms with E-state index in [-0.39, 0.29) is 17.7 Å². The Morgan fingerprint density at radius 2 is 1.92 bits per heavy atom. The van der Waals surface area contributed by atoms with E-state index < -0.39 is 0 Å². The fraction of sp³-hybridized carbons (Fsp3) is 0.500. The largest absolute Gasteiger partial charge is 0.367 e. The molecule has 0 atom stereocenters. The summed E-state index contributed by atoms with van der Waals surface area (Å²) in [6.45, 7) is 2.26. The predicted molar refractivity (Wildman–Crippen MR) is 87.1 cm³/mol. The van der Waals surface area contributed by atoms with Gasteiger partial charge in [0.1, 0.15) is 5.71 Å². The van der Waals surface area contributed by atoms with E-state index in [0.29, 0.717) is 51.2 Å². The van der Waals surface area contributed by atoms with E-state index in [4.69, 9.17) is 0 Å². The molecule has 3 rings (SSSR count). The molecule has 0 spiro atoms. The zero-order chi connectivity index (χ0) is 16.9. The Labute approximate surface area is 139 Å². The summed E-state index contributed by atoms with van der Waals surface area (Å²) in [5.41, 5.74) is 3.71. The quantitative estimate of drug-likeness (QED) is 0.808. The van der Waals surface area contributed by atoms with Crippen molar-refractivity contribution in [1.82, 2.24) is 20.2 Å². The minimum absolute atomic E-state index is 0.0752. The molecule has 2 N–H and O–H groups in total. The molecule has 1 aromatic rings. The summed E-state index contributed by atoms with van der Waals surface area (Å²) in [6, 6.07) is 1.89. The van der Waals surface area contributed by atoms with Crippen molar-refractivity contribution in [3.63, 3.8) is 0 Å². The molecule has 3 amide bonds. The number of carbonyl (C=O) groups excluding carboxylic acids is 3. The molecule has 24 heavy (non-hydrogen) atoms. The summed E-state index contributed by atoms with van der Waals surface area (Å²) in [7, 11) is 0. The lowest BCUT2D eigenvalue weighted by atomic mass is 10.1. The van der Waals surface area contributed by atoms with Gasteiger partial charge < -0.3 is 14.8 Å². The number of hydrogen-bond donors (Lipinski definition) is 2. The minimum Gasteiger partial charge on any atom is -0.367 e. The van der Waals surface area contributed by atoms with E-state index in [9.17, 15) is 14.4 Å². The average molecular weight is 331 g/mol. The maximum Gasteiger partial charge on any atom is 0.270 e. The van der Waals surface area contributed by atoms with Gasteiger partial charge in [-0.3, -0.25) is 14.4 Å². The third-order valence-electron chi connectivity index (χ3n) is 4.30. The van der Waals surface area contributed by atoms with Crippen molar-refractivity contribution in [1.29, 1.82) is 0 Å². The molecule has 1 fully saturated rings. The predicted octanol–water partition coefficient (Wildman–Crippen LogP) is -0.116. The number of hydrogen-bond acceptors (Lipinski definition) is 4. The van der Waals surface area contributed by atoms with Gasteiger partial charge >= 0.3 is 0 Å². The minimum atomic E-state index is -0.163. The monoisotopic (exact) mass is 331 g/mol. The third-order valence-corrected chi connectivity index (χ3v) is 4.30. The Kier molecular flexibility index (Phi) is 4.93. The SMILES string of the molecule is O=C1CCC(C(=O)N2CCCN(C(=O)Cc3cc[nH]c3)CC2)=NN1. The van der Waals surface area contributed by atoms with Crippen molar-refractivity contribution in [3.05, 3.63) is 24.0 Å². The Morgan fingerprint density at radius 1 is 1.12 bits per heavy atom. The molecule has 3 heterocycles. The van der Waals surface area contributed by atoms with E-state index in [1.807, 2.05) is 17.2 Å². The summed E-state index contributed by atoms with van der Waals surface area (Å²) in [4.78, 5) is 42.5. The molecule has 128 valence electrons. The summed E-state index contributed by atoms with van der Waals surface area (Å²) in [5.74, 6) is -0.231. The Balaban J connectivity index is 1.55. The maximum atomic E-state index is 12.5. The Bertz CT molecular complexity index is 653. The van der Waals surface area contributed by atoms with Crippen LogP contribution >= 0.6 is 0 Å². The highest BCUT2D eigenvalue weighted by molar-refractivity contribution is 6.39. The van der Waals surface area contributed by atoms with Crippen LogP contribution in [0.5, 0.6) is 0 Å². The molecule has 1 saturated heterocycles. The van der Waals surface area contributed by atoms with Crippen LogP contribution in [0.25, 0.3) is 0 Å². The first-order chi connectivity index (χ1) is 11.6. The number of rotatable bonds is 3. The highest BCUT2D eigenvalue weighted by Gasteiger charge is 2.26. The lowest BCUT2D eigenvalue weighted by Crippen LogP contribution is -2.42. The molecule has 8 heteroatoms. The molecule has 0 saturated carbocycles. The van der Waals surface area contributed by atoms with E-state index in [1.54, 1.807) is 11.1 Å². The number of H-pyrrole nitrogens is 1. The van der Waals surface area contributed by atoms with Gasteiger partial charge in [0.2, 0.25) is 11.8 Å². The second kappa shape index (κ2) is 7.29. The van der Waals surface area contributed by atoms with Crippen LogP contribution in [0.3, 0.4) is 0 Å². The fourth-order valence-electron chi connectivity index (χ4n) is 2.94. The van der Waals surface area contributed by atoms with Gasteiger partial charge in [0, 0.05) is 51.4 Å². The van der Waals surface area contributed by atoms with E-state index in [1.165, 1.54) is 0 Å². The Hall–Kier alpha value is -2.64. The smallest absolute Gasteiger partial charge is 0.270 e. The zero-order valence-electron chi connectivity index (χ0n) is 13.5. The van der Waals surface area contributed by atoms with E-state index >= 15 is 0 Å². The Morgan fingerprint density at radius 3 is 2.62 bits per heavy atom. The zero-order valence-corrected chi connectivity index (χ0v) is 13.5. The normalized spacial score (nSPS) is 18.7. The second-order valence-electron chi connectivity index (χ2n) is 6.02. The molecule has 0 unspecified atom stereocenters. The fourth-order valence-corrected chi connectivity index (χ4v) is 2.94. The number of aromatic nitrogens is 1. The van der Waals surface area contributed by atoms with Crippen molar-refractivity contribution in [2.24, 2.45) is 5.10 Å². The van der Waals surface area contributed by atoms with E-state index in [0.717, 1.165) is 12.0 Å². The third kappa shape index (κ3) is 3.81. The summed E-state index contributed by atoms with van der Waals surface area (Å²) < 4.78 is 0. The van der Waals surface area contributed by atoms with Crippen molar-refractivity contribution in [2.45, 2.75) is 25.7 Å². The number of aromatic amines is 1. The summed E-state index contributed by atoms with van der Waals surface area (Å²) >= 11 is 0. The van der Waals surface area contributed by atoms with Crippen LogP contribution in [-0.4, -0.2) is 64.4 Å². The molecule has 1 aromatic heterocycles. The number of amides is 3. The van der Waals surface area contributed by atoms with Crippen LogP contribution in [-0.2, 0) is 20.8 Å². The number of nitrogens with zero attached hydrogens (tertiary/aromatic N) is 3. The lowest BCUT2D eigenvalue weighted by molar-refractivity contribution is -0.131. The van der Waals surface area contributed by atoms with E-state index in [2.05, 4.69) is 15.5 Å². The standard InChI is InChI=1S/C16H21N5O3/c22-14-3-2-13(18-19-14)16(24)21-7-1-6-20(8-9-21)15(23)10-12-4-5-17-11-12/h4-5,11,17H,1-3,6-10H2,(H,19,22). The van der Waals surface area contributed by atoms with Gasteiger partial charge in [-0.15, -0.1) is 0 Å². The number of nitrogens with one attached hydrogen (secondary N) is 2. The van der Waals surface area contributed by atoms with Gasteiger partial charge in [0.15, 0.2) is 0 Å². The molecule has 8 nitrogen and oxygen atoms in total. The highest BCUT2D eigenvalue weighted by Crippen LogP contribution is 2.10. The molecular formula is C16H21N5O3. The first-order valence-corrected chi connectivity index (χ1v) is 8.17. The van der Waals surface area contributed by atoms with Gasteiger partial charge in [0.05, 0.1) is 6.42 Å². The summed E-state index contributed by atoms with van der Waals surface area (Å²) in [5, 5.41) is 3.86. The first kappa shape index (κ1) is 16.2. The molecule has 0 aliphatic carbocycles. The van der Waals surface area contributed by atoms with Crippen LogP contribution in [0.4, 0.5) is 0 Å². The number of carbonyl (C=O) groups is 3. The summed E-state index contributed by atoms with van der Waals surface area (Å²) in [6.07, 6.45) is 5.40. The van der Waals surface area contributed by atoms with Gasteiger partial charge in [-0.2, -0.15) is 5.10 Å². The molecule has 0 radical (unpaired) electrons. The molecule has 0 aromatic carbocycles. The van der Waals surface area contributed by atoms with Gasteiger partial charge in [-0.05, 0) is 18.1 Å². The lowest BCUT2D eigenvalue weighted by Gasteiger charge is -2.23. The van der Waals surface area contributed by atoms with Gasteiger partial charge in [-0.25, -0.2) is 5.43 Å². The topological polar surface area (TPSA) is 97.9 Å². The first-order valence-electron chi connectivity index (χ1n) is 8.17.